The molecule has 0 aromatic heterocycles. The average Bonchev–Trinajstić information content (AvgIpc) is 3.31. The van der Waals surface area contributed by atoms with Crippen LogP contribution in [0.15, 0.2) is 97.1 Å². The first-order valence-electron chi connectivity index (χ1n) is 11.7. The highest BCUT2D eigenvalue weighted by molar-refractivity contribution is 6.26. The number of esters is 2. The molecular formula is C32H23FO4. The first-order valence-corrected chi connectivity index (χ1v) is 11.7. The Morgan fingerprint density at radius 1 is 0.649 bits per heavy atom. The highest BCUT2D eigenvalue weighted by Crippen LogP contribution is 2.47. The summed E-state index contributed by atoms with van der Waals surface area (Å²) < 4.78 is 24.2. The summed E-state index contributed by atoms with van der Waals surface area (Å²) in [6, 6.07) is 29.0. The van der Waals surface area contributed by atoms with Crippen molar-refractivity contribution in [2.75, 3.05) is 14.2 Å². The number of allylic oxidation sites excluding steroid dienone is 2. The molecule has 1 aliphatic rings. The Hall–Kier alpha value is -4.77. The summed E-state index contributed by atoms with van der Waals surface area (Å²) in [5.41, 5.74) is 7.87. The van der Waals surface area contributed by atoms with Gasteiger partial charge in [0, 0.05) is 0 Å². The summed E-state index contributed by atoms with van der Waals surface area (Å²) >= 11 is 0. The summed E-state index contributed by atoms with van der Waals surface area (Å²) in [6.07, 6.45) is 2.03. The average molecular weight is 491 g/mol. The molecule has 4 aromatic rings. The number of hydrogen-bond donors (Lipinski definition) is 0. The number of carbonyl (C=O) groups excluding carboxylic acids is 2. The molecule has 0 heterocycles. The van der Waals surface area contributed by atoms with Crippen LogP contribution >= 0.6 is 0 Å². The smallest absolute Gasteiger partial charge is 0.337 e. The quantitative estimate of drug-likeness (QED) is 0.285. The molecule has 4 nitrogen and oxygen atoms in total. The van der Waals surface area contributed by atoms with Gasteiger partial charge in [0.15, 0.2) is 0 Å². The molecule has 0 saturated heterocycles. The molecule has 37 heavy (non-hydrogen) atoms. The van der Waals surface area contributed by atoms with Crippen molar-refractivity contribution in [1.29, 1.82) is 0 Å². The van der Waals surface area contributed by atoms with Crippen LogP contribution in [-0.4, -0.2) is 26.2 Å². The van der Waals surface area contributed by atoms with E-state index in [2.05, 4.69) is 0 Å². The van der Waals surface area contributed by atoms with Crippen molar-refractivity contribution in [2.24, 2.45) is 0 Å². The fourth-order valence-electron chi connectivity index (χ4n) is 4.60. The SMILES string of the molecule is COC(=O)c1ccc(C2=Cc3ccc(F)cc3/C2=C(\c2ccccc2)c2ccc(C(=O)OC)cc2)cc1. The van der Waals surface area contributed by atoms with E-state index >= 15 is 0 Å². The number of carbonyl (C=O) groups is 2. The highest BCUT2D eigenvalue weighted by atomic mass is 19.1. The summed E-state index contributed by atoms with van der Waals surface area (Å²) in [5, 5.41) is 0. The van der Waals surface area contributed by atoms with E-state index in [1.165, 1.54) is 20.3 Å². The van der Waals surface area contributed by atoms with Crippen molar-refractivity contribution >= 4 is 34.7 Å². The first-order chi connectivity index (χ1) is 18.0. The van der Waals surface area contributed by atoms with Gasteiger partial charge in [-0.1, -0.05) is 60.7 Å². The molecule has 5 rings (SSSR count). The Labute approximate surface area is 214 Å². The summed E-state index contributed by atoms with van der Waals surface area (Å²) in [5.74, 6) is -1.16. The monoisotopic (exact) mass is 490 g/mol. The third-order valence-corrected chi connectivity index (χ3v) is 6.38. The Balaban J connectivity index is 1.77. The van der Waals surface area contributed by atoms with Gasteiger partial charge in [-0.25, -0.2) is 14.0 Å². The van der Waals surface area contributed by atoms with Crippen LogP contribution in [0, 0.1) is 5.82 Å². The molecular weight excluding hydrogens is 467 g/mol. The zero-order valence-corrected chi connectivity index (χ0v) is 20.3. The summed E-state index contributed by atoms with van der Waals surface area (Å²) in [7, 11) is 2.69. The van der Waals surface area contributed by atoms with E-state index < -0.39 is 11.9 Å². The molecule has 0 atom stereocenters. The van der Waals surface area contributed by atoms with Crippen LogP contribution in [0.25, 0.3) is 22.8 Å². The van der Waals surface area contributed by atoms with Gasteiger partial charge in [0.2, 0.25) is 0 Å². The molecule has 0 fully saturated rings. The fourth-order valence-corrected chi connectivity index (χ4v) is 4.60. The van der Waals surface area contributed by atoms with Crippen LogP contribution in [0.4, 0.5) is 4.39 Å². The van der Waals surface area contributed by atoms with Crippen LogP contribution in [0.1, 0.15) is 48.5 Å². The van der Waals surface area contributed by atoms with Crippen molar-refractivity contribution < 1.29 is 23.5 Å². The second-order valence-electron chi connectivity index (χ2n) is 8.54. The van der Waals surface area contributed by atoms with Crippen LogP contribution in [-0.2, 0) is 9.47 Å². The van der Waals surface area contributed by atoms with Crippen molar-refractivity contribution in [3.8, 4) is 0 Å². The number of benzene rings is 4. The van der Waals surface area contributed by atoms with E-state index in [0.29, 0.717) is 11.1 Å². The zero-order chi connectivity index (χ0) is 25.9. The van der Waals surface area contributed by atoms with Gasteiger partial charge in [-0.05, 0) is 87.0 Å². The molecule has 0 radical (unpaired) electrons. The van der Waals surface area contributed by atoms with Crippen LogP contribution in [0.2, 0.25) is 0 Å². The van der Waals surface area contributed by atoms with Crippen LogP contribution in [0.3, 0.4) is 0 Å². The molecule has 4 aromatic carbocycles. The number of hydrogen-bond acceptors (Lipinski definition) is 4. The minimum absolute atomic E-state index is 0.333. The number of halogens is 1. The molecule has 0 unspecified atom stereocenters. The predicted octanol–water partition coefficient (Wildman–Crippen LogP) is 6.91. The van der Waals surface area contributed by atoms with Gasteiger partial charge in [-0.15, -0.1) is 0 Å². The van der Waals surface area contributed by atoms with E-state index in [4.69, 9.17) is 9.47 Å². The molecule has 0 amide bonds. The fraction of sp³-hybridized carbons (Fsp3) is 0.0625. The Bertz CT molecular complexity index is 1550. The third kappa shape index (κ3) is 4.59. The standard InChI is InChI=1S/C32H23FO4/c1-36-31(34)23-12-8-20(9-13-23)27-18-25-16-17-26(33)19-28(25)30(27)29(21-6-4-3-5-7-21)22-10-14-24(15-11-22)32(35)37-2/h3-19H,1-2H3/b30-29+. The maximum absolute atomic E-state index is 14.5. The zero-order valence-electron chi connectivity index (χ0n) is 20.3. The van der Waals surface area contributed by atoms with Gasteiger partial charge in [0.1, 0.15) is 5.82 Å². The molecule has 0 saturated carbocycles. The highest BCUT2D eigenvalue weighted by Gasteiger charge is 2.26. The van der Waals surface area contributed by atoms with E-state index in [9.17, 15) is 14.0 Å². The van der Waals surface area contributed by atoms with E-state index in [-0.39, 0.29) is 5.82 Å². The normalized spacial score (nSPS) is 13.4. The summed E-state index contributed by atoms with van der Waals surface area (Å²) in [4.78, 5) is 24.0. The van der Waals surface area contributed by atoms with Gasteiger partial charge in [0.05, 0.1) is 25.3 Å². The van der Waals surface area contributed by atoms with E-state index in [1.807, 2.05) is 60.7 Å². The van der Waals surface area contributed by atoms with Crippen LogP contribution < -0.4 is 0 Å². The summed E-state index contributed by atoms with van der Waals surface area (Å²) in [6.45, 7) is 0. The molecule has 0 bridgehead atoms. The molecule has 5 heteroatoms. The van der Waals surface area contributed by atoms with Gasteiger partial charge in [-0.3, -0.25) is 0 Å². The second kappa shape index (κ2) is 10.1. The van der Waals surface area contributed by atoms with Gasteiger partial charge in [-0.2, -0.15) is 0 Å². The lowest BCUT2D eigenvalue weighted by Crippen LogP contribution is -2.02. The Morgan fingerprint density at radius 2 is 1.19 bits per heavy atom. The third-order valence-electron chi connectivity index (χ3n) is 6.38. The maximum atomic E-state index is 14.5. The van der Waals surface area contributed by atoms with Crippen molar-refractivity contribution in [3.63, 3.8) is 0 Å². The lowest BCUT2D eigenvalue weighted by atomic mass is 9.85. The first kappa shape index (κ1) is 23.9. The van der Waals surface area contributed by atoms with Crippen molar-refractivity contribution in [2.45, 2.75) is 0 Å². The number of fused-ring (bicyclic) bond motifs is 1. The van der Waals surface area contributed by atoms with Crippen molar-refractivity contribution in [3.05, 3.63) is 142 Å². The van der Waals surface area contributed by atoms with E-state index in [0.717, 1.165) is 44.5 Å². The Kier molecular flexibility index (Phi) is 6.52. The van der Waals surface area contributed by atoms with Crippen molar-refractivity contribution in [1.82, 2.24) is 0 Å². The van der Waals surface area contributed by atoms with Gasteiger partial charge < -0.3 is 9.47 Å². The predicted molar refractivity (Wildman–Crippen MR) is 142 cm³/mol. The van der Waals surface area contributed by atoms with E-state index in [1.54, 1.807) is 36.4 Å². The Morgan fingerprint density at radius 3 is 1.78 bits per heavy atom. The number of ether oxygens (including phenoxy) is 2. The largest absolute Gasteiger partial charge is 0.465 e. The molecule has 182 valence electrons. The van der Waals surface area contributed by atoms with Gasteiger partial charge in [0.25, 0.3) is 0 Å². The van der Waals surface area contributed by atoms with Gasteiger partial charge >= 0.3 is 11.9 Å². The number of rotatable bonds is 5. The van der Waals surface area contributed by atoms with Crippen LogP contribution in [0.5, 0.6) is 0 Å². The topological polar surface area (TPSA) is 52.6 Å². The maximum Gasteiger partial charge on any atom is 0.337 e. The second-order valence-corrected chi connectivity index (χ2v) is 8.54. The molecule has 1 aliphatic carbocycles. The molecule has 0 aliphatic heterocycles. The lowest BCUT2D eigenvalue weighted by Gasteiger charge is -2.18. The lowest BCUT2D eigenvalue weighted by molar-refractivity contribution is 0.0592. The minimum atomic E-state index is -0.417. The number of methoxy groups -OCH3 is 2. The molecule has 0 N–H and O–H groups in total. The minimum Gasteiger partial charge on any atom is -0.465 e. The molecule has 0 spiro atoms.